The van der Waals surface area contributed by atoms with Crippen molar-refractivity contribution < 1.29 is 0 Å². The molecular weight excluding hydrogens is 222 g/mol. The van der Waals surface area contributed by atoms with Crippen LogP contribution < -0.4 is 5.32 Å². The first-order valence-electron chi connectivity index (χ1n) is 6.13. The molecule has 3 nitrogen and oxygen atoms in total. The van der Waals surface area contributed by atoms with E-state index in [0.29, 0.717) is 0 Å². The van der Waals surface area contributed by atoms with E-state index < -0.39 is 0 Å². The molecule has 94 valence electrons. The van der Waals surface area contributed by atoms with Crippen molar-refractivity contribution in [3.05, 3.63) is 59.9 Å². The lowest BCUT2D eigenvalue weighted by Gasteiger charge is -2.10. The van der Waals surface area contributed by atoms with Crippen LogP contribution in [-0.2, 0) is 6.54 Å². The summed E-state index contributed by atoms with van der Waals surface area (Å²) >= 11 is 0. The summed E-state index contributed by atoms with van der Waals surface area (Å²) in [5.41, 5.74) is 3.64. The molecule has 0 saturated heterocycles. The number of benzene rings is 1. The zero-order valence-corrected chi connectivity index (χ0v) is 11.0. The average molecular weight is 241 g/mol. The third-order valence-corrected chi connectivity index (χ3v) is 2.90. The maximum Gasteiger partial charge on any atom is 0.203 e. The fourth-order valence-electron chi connectivity index (χ4n) is 1.94. The lowest BCUT2D eigenvalue weighted by Crippen LogP contribution is -2.08. The molecule has 0 unspecified atom stereocenters. The monoisotopic (exact) mass is 241 g/mol. The molecule has 1 aromatic carbocycles. The largest absolute Gasteiger partial charge is 0.352 e. The van der Waals surface area contributed by atoms with Gasteiger partial charge in [-0.3, -0.25) is 0 Å². The number of aromatic nitrogens is 2. The maximum atomic E-state index is 4.48. The lowest BCUT2D eigenvalue weighted by molar-refractivity contribution is 0.796. The van der Waals surface area contributed by atoms with Crippen molar-refractivity contribution in [1.82, 2.24) is 9.55 Å². The number of anilines is 1. The molecule has 0 atom stereocenters. The molecule has 0 saturated carbocycles. The molecule has 1 N–H and O–H groups in total. The summed E-state index contributed by atoms with van der Waals surface area (Å²) in [4.78, 5) is 4.48. The summed E-state index contributed by atoms with van der Waals surface area (Å²) in [5, 5.41) is 3.26. The fourth-order valence-corrected chi connectivity index (χ4v) is 1.94. The normalized spacial score (nSPS) is 10.3. The molecule has 0 amide bonds. The fraction of sp³-hybridized carbons (Fsp3) is 0.267. The Labute approximate surface area is 108 Å². The summed E-state index contributed by atoms with van der Waals surface area (Å²) in [6, 6.07) is 8.43. The molecule has 0 aliphatic carbocycles. The van der Waals surface area contributed by atoms with Gasteiger partial charge in [0, 0.05) is 12.7 Å². The van der Waals surface area contributed by atoms with E-state index in [2.05, 4.69) is 58.8 Å². The van der Waals surface area contributed by atoms with Crippen molar-refractivity contribution >= 4 is 5.95 Å². The highest BCUT2D eigenvalue weighted by molar-refractivity contribution is 5.33. The van der Waals surface area contributed by atoms with E-state index in [9.17, 15) is 0 Å². The standard InChI is InChI=1S/C15H19N3/c1-4-9-16-15-17-13(3)10-18(15)11-14-8-6-5-7-12(14)2/h4-8,10H,1,9,11H2,2-3H3,(H,16,17). The van der Waals surface area contributed by atoms with Crippen LogP contribution in [0.3, 0.4) is 0 Å². The van der Waals surface area contributed by atoms with Gasteiger partial charge in [0.1, 0.15) is 0 Å². The highest BCUT2D eigenvalue weighted by Crippen LogP contribution is 2.14. The Balaban J connectivity index is 2.23. The van der Waals surface area contributed by atoms with Crippen LogP contribution in [0.5, 0.6) is 0 Å². The Morgan fingerprint density at radius 3 is 2.83 bits per heavy atom. The molecule has 0 bridgehead atoms. The van der Waals surface area contributed by atoms with Crippen LogP contribution in [0.1, 0.15) is 16.8 Å². The first-order chi connectivity index (χ1) is 8.70. The van der Waals surface area contributed by atoms with Crippen LogP contribution in [-0.4, -0.2) is 16.1 Å². The van der Waals surface area contributed by atoms with Gasteiger partial charge in [0.2, 0.25) is 5.95 Å². The summed E-state index contributed by atoms with van der Waals surface area (Å²) in [7, 11) is 0. The zero-order chi connectivity index (χ0) is 13.0. The molecule has 0 spiro atoms. The topological polar surface area (TPSA) is 29.9 Å². The number of aryl methyl sites for hydroxylation is 2. The average Bonchev–Trinajstić information content (AvgIpc) is 2.70. The molecule has 3 heteroatoms. The molecule has 18 heavy (non-hydrogen) atoms. The van der Waals surface area contributed by atoms with Crippen LogP contribution in [0.15, 0.2) is 43.1 Å². The van der Waals surface area contributed by atoms with Gasteiger partial charge in [-0.2, -0.15) is 0 Å². The second kappa shape index (κ2) is 5.54. The van der Waals surface area contributed by atoms with Crippen molar-refractivity contribution in [3.8, 4) is 0 Å². The van der Waals surface area contributed by atoms with Crippen molar-refractivity contribution in [2.75, 3.05) is 11.9 Å². The molecule has 2 aromatic rings. The van der Waals surface area contributed by atoms with E-state index in [0.717, 1.165) is 24.7 Å². The van der Waals surface area contributed by atoms with Gasteiger partial charge in [-0.15, -0.1) is 6.58 Å². The van der Waals surface area contributed by atoms with Gasteiger partial charge < -0.3 is 9.88 Å². The molecule has 1 aromatic heterocycles. The van der Waals surface area contributed by atoms with Crippen molar-refractivity contribution in [1.29, 1.82) is 0 Å². The third-order valence-electron chi connectivity index (χ3n) is 2.90. The van der Waals surface area contributed by atoms with Crippen molar-refractivity contribution in [3.63, 3.8) is 0 Å². The minimum atomic E-state index is 0.726. The van der Waals surface area contributed by atoms with Gasteiger partial charge in [-0.25, -0.2) is 4.98 Å². The van der Waals surface area contributed by atoms with E-state index in [4.69, 9.17) is 0 Å². The molecule has 1 heterocycles. The van der Waals surface area contributed by atoms with Crippen LogP contribution in [0.25, 0.3) is 0 Å². The van der Waals surface area contributed by atoms with E-state index in [1.807, 2.05) is 13.0 Å². The molecule has 0 fully saturated rings. The predicted molar refractivity (Wildman–Crippen MR) is 75.9 cm³/mol. The van der Waals surface area contributed by atoms with Crippen LogP contribution >= 0.6 is 0 Å². The van der Waals surface area contributed by atoms with E-state index in [1.165, 1.54) is 11.1 Å². The highest BCUT2D eigenvalue weighted by atomic mass is 15.2. The molecule has 0 aliphatic rings. The summed E-state index contributed by atoms with van der Waals surface area (Å²) in [6.45, 7) is 9.42. The first kappa shape index (κ1) is 12.4. The van der Waals surface area contributed by atoms with Crippen LogP contribution in [0.2, 0.25) is 0 Å². The summed E-state index contributed by atoms with van der Waals surface area (Å²) in [6.07, 6.45) is 3.90. The van der Waals surface area contributed by atoms with Crippen LogP contribution in [0.4, 0.5) is 5.95 Å². The van der Waals surface area contributed by atoms with Gasteiger partial charge in [0.15, 0.2) is 0 Å². The number of hydrogen-bond acceptors (Lipinski definition) is 2. The summed E-state index contributed by atoms with van der Waals surface area (Å²) < 4.78 is 2.14. The Morgan fingerprint density at radius 1 is 1.33 bits per heavy atom. The van der Waals surface area contributed by atoms with Crippen molar-refractivity contribution in [2.45, 2.75) is 20.4 Å². The quantitative estimate of drug-likeness (QED) is 0.815. The molecular formula is C15H19N3. The molecule has 2 rings (SSSR count). The Bertz CT molecular complexity index is 540. The van der Waals surface area contributed by atoms with Gasteiger partial charge in [-0.05, 0) is 25.0 Å². The Hall–Kier alpha value is -2.03. The number of nitrogens with one attached hydrogen (secondary N) is 1. The third kappa shape index (κ3) is 2.80. The number of rotatable bonds is 5. The number of nitrogens with zero attached hydrogens (tertiary/aromatic N) is 2. The smallest absolute Gasteiger partial charge is 0.203 e. The maximum absolute atomic E-state index is 4.48. The van der Waals surface area contributed by atoms with E-state index in [1.54, 1.807) is 0 Å². The SMILES string of the molecule is C=CCNc1nc(C)cn1Cc1ccccc1C. The van der Waals surface area contributed by atoms with E-state index in [-0.39, 0.29) is 0 Å². The lowest BCUT2D eigenvalue weighted by atomic mass is 10.1. The van der Waals surface area contributed by atoms with Gasteiger partial charge in [-0.1, -0.05) is 30.3 Å². The number of hydrogen-bond donors (Lipinski definition) is 1. The summed E-state index contributed by atoms with van der Waals surface area (Å²) in [5.74, 6) is 0.899. The second-order valence-electron chi connectivity index (χ2n) is 4.43. The zero-order valence-electron chi connectivity index (χ0n) is 11.0. The number of imidazole rings is 1. The molecule has 0 radical (unpaired) electrons. The first-order valence-corrected chi connectivity index (χ1v) is 6.13. The van der Waals surface area contributed by atoms with Crippen LogP contribution in [0, 0.1) is 13.8 Å². The predicted octanol–water partition coefficient (Wildman–Crippen LogP) is 3.15. The molecule has 0 aliphatic heterocycles. The minimum Gasteiger partial charge on any atom is -0.352 e. The van der Waals surface area contributed by atoms with E-state index >= 15 is 0 Å². The van der Waals surface area contributed by atoms with Gasteiger partial charge >= 0.3 is 0 Å². The van der Waals surface area contributed by atoms with Gasteiger partial charge in [0.05, 0.1) is 12.2 Å². The Morgan fingerprint density at radius 2 is 2.11 bits per heavy atom. The highest BCUT2D eigenvalue weighted by Gasteiger charge is 2.06. The Kier molecular flexibility index (Phi) is 3.82. The second-order valence-corrected chi connectivity index (χ2v) is 4.43. The van der Waals surface area contributed by atoms with Gasteiger partial charge in [0.25, 0.3) is 0 Å². The minimum absolute atomic E-state index is 0.726. The van der Waals surface area contributed by atoms with Crippen molar-refractivity contribution in [2.24, 2.45) is 0 Å².